The van der Waals surface area contributed by atoms with Gasteiger partial charge in [-0.1, -0.05) is 18.5 Å². The molecule has 1 atom stereocenters. The Hall–Kier alpha value is -1.64. The number of nitrogens with one attached hydrogen (secondary N) is 2. The molecule has 1 unspecified atom stereocenters. The van der Waals surface area contributed by atoms with Gasteiger partial charge in [-0.05, 0) is 31.5 Å². The van der Waals surface area contributed by atoms with Crippen molar-refractivity contribution in [3.8, 4) is 0 Å². The van der Waals surface area contributed by atoms with Crippen molar-refractivity contribution >= 4 is 33.4 Å². The molecular formula is C15H22ClN3O4S. The molecule has 0 saturated carbocycles. The van der Waals surface area contributed by atoms with Crippen LogP contribution < -0.4 is 10.6 Å². The van der Waals surface area contributed by atoms with E-state index in [1.807, 2.05) is 6.92 Å². The molecule has 0 spiro atoms. The van der Waals surface area contributed by atoms with E-state index in [9.17, 15) is 18.0 Å². The third kappa shape index (κ3) is 4.93. The first kappa shape index (κ1) is 20.4. The number of hydrogen-bond acceptors (Lipinski definition) is 4. The monoisotopic (exact) mass is 375 g/mol. The van der Waals surface area contributed by atoms with E-state index >= 15 is 0 Å². The number of sulfonamides is 1. The van der Waals surface area contributed by atoms with Crippen molar-refractivity contribution in [2.75, 3.05) is 20.6 Å². The van der Waals surface area contributed by atoms with Crippen LogP contribution in [-0.4, -0.2) is 51.2 Å². The van der Waals surface area contributed by atoms with E-state index in [0.29, 0.717) is 6.54 Å². The topological polar surface area (TPSA) is 95.6 Å². The molecule has 24 heavy (non-hydrogen) atoms. The van der Waals surface area contributed by atoms with Crippen molar-refractivity contribution in [1.29, 1.82) is 0 Å². The van der Waals surface area contributed by atoms with Crippen LogP contribution in [0.5, 0.6) is 0 Å². The minimum atomic E-state index is -3.78. The Morgan fingerprint density at radius 3 is 2.46 bits per heavy atom. The lowest BCUT2D eigenvalue weighted by Gasteiger charge is -2.16. The third-order valence-corrected chi connectivity index (χ3v) is 5.54. The predicted molar refractivity (Wildman–Crippen MR) is 92.6 cm³/mol. The second-order valence-corrected chi connectivity index (χ2v) is 7.95. The highest BCUT2D eigenvalue weighted by atomic mass is 35.5. The number of amides is 2. The molecule has 0 saturated heterocycles. The summed E-state index contributed by atoms with van der Waals surface area (Å²) in [6, 6.07) is 3.20. The zero-order valence-electron chi connectivity index (χ0n) is 14.1. The van der Waals surface area contributed by atoms with Crippen molar-refractivity contribution in [3.05, 3.63) is 28.8 Å². The average molecular weight is 376 g/mol. The third-order valence-electron chi connectivity index (χ3n) is 3.24. The lowest BCUT2D eigenvalue weighted by Crippen LogP contribution is -2.45. The molecule has 7 nitrogen and oxygen atoms in total. The van der Waals surface area contributed by atoms with E-state index in [1.165, 1.54) is 32.3 Å². The molecule has 0 bridgehead atoms. The quantitative estimate of drug-likeness (QED) is 0.749. The lowest BCUT2D eigenvalue weighted by molar-refractivity contribution is -0.122. The minimum absolute atomic E-state index is 0.0222. The van der Waals surface area contributed by atoms with E-state index in [-0.39, 0.29) is 21.4 Å². The maximum atomic E-state index is 12.3. The summed E-state index contributed by atoms with van der Waals surface area (Å²) in [6.07, 6.45) is 0.787. The van der Waals surface area contributed by atoms with Crippen LogP contribution in [0, 0.1) is 0 Å². The van der Waals surface area contributed by atoms with E-state index in [4.69, 9.17) is 11.6 Å². The summed E-state index contributed by atoms with van der Waals surface area (Å²) in [6.45, 7) is 3.99. The molecule has 0 aliphatic heterocycles. The van der Waals surface area contributed by atoms with Crippen molar-refractivity contribution in [2.45, 2.75) is 31.2 Å². The zero-order chi connectivity index (χ0) is 18.5. The van der Waals surface area contributed by atoms with Gasteiger partial charge >= 0.3 is 0 Å². The molecule has 0 aromatic heterocycles. The maximum Gasteiger partial charge on any atom is 0.251 e. The molecule has 0 fully saturated rings. The summed E-state index contributed by atoms with van der Waals surface area (Å²) in [5, 5.41) is 5.22. The second kappa shape index (κ2) is 8.46. The Balaban J connectivity index is 2.99. The Morgan fingerprint density at radius 2 is 1.92 bits per heavy atom. The molecular weight excluding hydrogens is 354 g/mol. The van der Waals surface area contributed by atoms with Crippen LogP contribution in [0.1, 0.15) is 30.6 Å². The molecule has 1 rings (SSSR count). The van der Waals surface area contributed by atoms with Gasteiger partial charge in [0.1, 0.15) is 10.9 Å². The molecule has 0 radical (unpaired) electrons. The van der Waals surface area contributed by atoms with Crippen molar-refractivity contribution < 1.29 is 18.0 Å². The Morgan fingerprint density at radius 1 is 1.29 bits per heavy atom. The van der Waals surface area contributed by atoms with Gasteiger partial charge in [-0.25, -0.2) is 12.7 Å². The zero-order valence-corrected chi connectivity index (χ0v) is 15.7. The largest absolute Gasteiger partial charge is 0.354 e. The highest BCUT2D eigenvalue weighted by molar-refractivity contribution is 7.89. The molecule has 1 aromatic rings. The summed E-state index contributed by atoms with van der Waals surface area (Å²) < 4.78 is 25.5. The van der Waals surface area contributed by atoms with Gasteiger partial charge in [0.25, 0.3) is 5.91 Å². The number of halogens is 1. The fourth-order valence-electron chi connectivity index (χ4n) is 1.79. The smallest absolute Gasteiger partial charge is 0.251 e. The van der Waals surface area contributed by atoms with Gasteiger partial charge in [-0.3, -0.25) is 9.59 Å². The fourth-order valence-corrected chi connectivity index (χ4v) is 3.18. The standard InChI is InChI=1S/C15H22ClN3O4S/c1-5-8-17-14(20)10(2)18-15(21)11-6-7-12(16)13(9-11)24(22,23)19(3)4/h6-7,9-10H,5,8H2,1-4H3,(H,17,20)(H,18,21). The lowest BCUT2D eigenvalue weighted by atomic mass is 10.2. The van der Waals surface area contributed by atoms with Crippen LogP contribution in [0.2, 0.25) is 5.02 Å². The molecule has 1 aromatic carbocycles. The van der Waals surface area contributed by atoms with Crippen LogP contribution >= 0.6 is 11.6 Å². The first-order valence-corrected chi connectivity index (χ1v) is 9.23. The van der Waals surface area contributed by atoms with Gasteiger partial charge in [0.2, 0.25) is 15.9 Å². The summed E-state index contributed by atoms with van der Waals surface area (Å²) in [7, 11) is -1.03. The highest BCUT2D eigenvalue weighted by Crippen LogP contribution is 2.24. The van der Waals surface area contributed by atoms with Crippen LogP contribution in [0.4, 0.5) is 0 Å². The van der Waals surface area contributed by atoms with Crippen molar-refractivity contribution in [3.63, 3.8) is 0 Å². The average Bonchev–Trinajstić information content (AvgIpc) is 2.52. The highest BCUT2D eigenvalue weighted by Gasteiger charge is 2.23. The van der Waals surface area contributed by atoms with Gasteiger partial charge in [0, 0.05) is 26.2 Å². The molecule has 0 heterocycles. The van der Waals surface area contributed by atoms with Crippen molar-refractivity contribution in [2.24, 2.45) is 0 Å². The minimum Gasteiger partial charge on any atom is -0.354 e. The van der Waals surface area contributed by atoms with Gasteiger partial charge in [-0.15, -0.1) is 0 Å². The summed E-state index contributed by atoms with van der Waals surface area (Å²) in [5.74, 6) is -0.860. The molecule has 9 heteroatoms. The number of carbonyl (C=O) groups excluding carboxylic acids is 2. The summed E-state index contributed by atoms with van der Waals surface area (Å²) in [5.41, 5.74) is 0.106. The van der Waals surface area contributed by atoms with Crippen LogP contribution in [0.25, 0.3) is 0 Å². The second-order valence-electron chi connectivity index (χ2n) is 5.42. The van der Waals surface area contributed by atoms with E-state index in [0.717, 1.165) is 10.7 Å². The first-order chi connectivity index (χ1) is 11.1. The summed E-state index contributed by atoms with van der Waals surface area (Å²) in [4.78, 5) is 23.9. The van der Waals surface area contributed by atoms with E-state index < -0.39 is 22.0 Å². The number of nitrogens with zero attached hydrogens (tertiary/aromatic N) is 1. The number of hydrogen-bond donors (Lipinski definition) is 2. The van der Waals surface area contributed by atoms with Crippen LogP contribution in [-0.2, 0) is 14.8 Å². The Bertz CT molecular complexity index is 719. The molecule has 0 aliphatic carbocycles. The van der Waals surface area contributed by atoms with Gasteiger partial charge in [-0.2, -0.15) is 0 Å². The number of rotatable bonds is 7. The predicted octanol–water partition coefficient (Wildman–Crippen LogP) is 1.23. The van der Waals surface area contributed by atoms with E-state index in [2.05, 4.69) is 10.6 Å². The SMILES string of the molecule is CCCNC(=O)C(C)NC(=O)c1ccc(Cl)c(S(=O)(=O)N(C)C)c1. The number of carbonyl (C=O) groups is 2. The molecule has 134 valence electrons. The van der Waals surface area contributed by atoms with Gasteiger partial charge in [0.05, 0.1) is 5.02 Å². The molecule has 2 N–H and O–H groups in total. The van der Waals surface area contributed by atoms with Gasteiger partial charge in [0.15, 0.2) is 0 Å². The molecule has 2 amide bonds. The van der Waals surface area contributed by atoms with Crippen LogP contribution in [0.3, 0.4) is 0 Å². The Kier molecular flexibility index (Phi) is 7.19. The van der Waals surface area contributed by atoms with E-state index in [1.54, 1.807) is 6.92 Å². The summed E-state index contributed by atoms with van der Waals surface area (Å²) >= 11 is 5.94. The fraction of sp³-hybridized carbons (Fsp3) is 0.467. The van der Waals surface area contributed by atoms with Crippen molar-refractivity contribution in [1.82, 2.24) is 14.9 Å². The maximum absolute atomic E-state index is 12.3. The van der Waals surface area contributed by atoms with Gasteiger partial charge < -0.3 is 10.6 Å². The van der Waals surface area contributed by atoms with Crippen LogP contribution in [0.15, 0.2) is 23.1 Å². The first-order valence-electron chi connectivity index (χ1n) is 7.42. The molecule has 0 aliphatic rings. The normalized spacial score (nSPS) is 12.8. The Labute approximate surface area is 147 Å². The number of benzene rings is 1.